The molecule has 1 atom stereocenters. The Morgan fingerprint density at radius 3 is 2.46 bits per heavy atom. The third-order valence-corrected chi connectivity index (χ3v) is 5.52. The van der Waals surface area contributed by atoms with Crippen molar-refractivity contribution >= 4 is 34.8 Å². The summed E-state index contributed by atoms with van der Waals surface area (Å²) >= 11 is 3.85. The zero-order valence-corrected chi connectivity index (χ0v) is 17.1. The van der Waals surface area contributed by atoms with Gasteiger partial charge in [0, 0.05) is 22.3 Å². The summed E-state index contributed by atoms with van der Waals surface area (Å²) in [6.45, 7) is 7.40. The summed E-state index contributed by atoms with van der Waals surface area (Å²) in [7, 11) is 1.49. The van der Waals surface area contributed by atoms with E-state index < -0.39 is 21.9 Å². The second-order valence-corrected chi connectivity index (χ2v) is 9.09. The highest BCUT2D eigenvalue weighted by Gasteiger charge is 2.26. The standard InChI is InChI=1S/C20H22FNO2S2/c1-13-8-6-10-15(19(25)24-5)17(13)18-14(9-7-11-16(18)21)12-22-26(23)20(2,3)4/h6-12H,1-5H3. The lowest BCUT2D eigenvalue weighted by molar-refractivity contribution is 0.416. The highest BCUT2D eigenvalue weighted by molar-refractivity contribution is 7.91. The number of halogens is 1. The molecule has 0 aromatic heterocycles. The minimum absolute atomic E-state index is 0.285. The van der Waals surface area contributed by atoms with Crippen molar-refractivity contribution in [1.82, 2.24) is 0 Å². The zero-order chi connectivity index (χ0) is 19.5. The van der Waals surface area contributed by atoms with Crippen LogP contribution in [0.5, 0.6) is 0 Å². The Hall–Kier alpha value is -1.76. The summed E-state index contributed by atoms with van der Waals surface area (Å²) in [5.41, 5.74) is 3.06. The molecule has 2 aromatic rings. The average Bonchev–Trinajstić information content (AvgIpc) is 2.58. The van der Waals surface area contributed by atoms with Gasteiger partial charge in [0.2, 0.25) is 0 Å². The summed E-state index contributed by atoms with van der Waals surface area (Å²) in [4.78, 5) is 0. The van der Waals surface area contributed by atoms with Gasteiger partial charge < -0.3 is 9.29 Å². The highest BCUT2D eigenvalue weighted by Crippen LogP contribution is 2.33. The number of thiocarbonyl (C=S) groups is 1. The number of benzene rings is 2. The zero-order valence-electron chi connectivity index (χ0n) is 15.5. The molecule has 0 aliphatic carbocycles. The van der Waals surface area contributed by atoms with Gasteiger partial charge in [-0.2, -0.15) is 0 Å². The van der Waals surface area contributed by atoms with E-state index in [9.17, 15) is 8.94 Å². The maximum absolute atomic E-state index is 14.8. The number of nitrogens with zero attached hydrogens (tertiary/aromatic N) is 1. The van der Waals surface area contributed by atoms with Crippen molar-refractivity contribution in [2.75, 3.05) is 7.11 Å². The Bertz CT molecular complexity index is 844. The van der Waals surface area contributed by atoms with E-state index >= 15 is 0 Å². The fraction of sp³-hybridized carbons (Fsp3) is 0.300. The SMILES string of the molecule is COC(=S)c1cccc(C)c1-c1c(F)cccc1C=N[S+]([O-])C(C)(C)C. The van der Waals surface area contributed by atoms with Gasteiger partial charge in [-0.3, -0.25) is 0 Å². The molecule has 3 nitrogen and oxygen atoms in total. The molecule has 0 radical (unpaired) electrons. The first-order valence-corrected chi connectivity index (χ1v) is 9.61. The van der Waals surface area contributed by atoms with Crippen molar-refractivity contribution in [1.29, 1.82) is 0 Å². The average molecular weight is 392 g/mol. The van der Waals surface area contributed by atoms with Crippen LogP contribution in [0.25, 0.3) is 11.1 Å². The molecule has 0 aliphatic rings. The molecule has 0 fully saturated rings. The second-order valence-electron chi connectivity index (χ2n) is 6.79. The minimum Gasteiger partial charge on any atom is -0.591 e. The summed E-state index contributed by atoms with van der Waals surface area (Å²) in [5, 5.41) is 0.285. The Labute approximate surface area is 162 Å². The van der Waals surface area contributed by atoms with Crippen molar-refractivity contribution in [3.05, 3.63) is 58.9 Å². The third kappa shape index (κ3) is 4.50. The van der Waals surface area contributed by atoms with Gasteiger partial charge in [0.15, 0.2) is 5.05 Å². The predicted octanol–water partition coefficient (Wildman–Crippen LogP) is 5.00. The molecule has 26 heavy (non-hydrogen) atoms. The van der Waals surface area contributed by atoms with E-state index in [0.717, 1.165) is 5.56 Å². The number of rotatable bonds is 4. The van der Waals surface area contributed by atoms with E-state index in [0.29, 0.717) is 22.3 Å². The first-order chi connectivity index (χ1) is 12.2. The summed E-state index contributed by atoms with van der Waals surface area (Å²) < 4.78 is 35.9. The Morgan fingerprint density at radius 1 is 1.19 bits per heavy atom. The molecular formula is C20H22FNO2S2. The van der Waals surface area contributed by atoms with Gasteiger partial charge in [-0.15, -0.1) is 0 Å². The van der Waals surface area contributed by atoms with Crippen molar-refractivity contribution in [3.8, 4) is 11.1 Å². The van der Waals surface area contributed by atoms with E-state index in [4.69, 9.17) is 17.0 Å². The fourth-order valence-corrected chi connectivity index (χ4v) is 3.15. The van der Waals surface area contributed by atoms with Crippen molar-refractivity contribution < 1.29 is 13.7 Å². The van der Waals surface area contributed by atoms with Crippen LogP contribution in [0.1, 0.15) is 37.5 Å². The summed E-state index contributed by atoms with van der Waals surface area (Å²) in [5.74, 6) is -0.398. The molecule has 1 unspecified atom stereocenters. The topological polar surface area (TPSA) is 44.6 Å². The number of aryl methyl sites for hydroxylation is 1. The van der Waals surface area contributed by atoms with Crippen LogP contribution < -0.4 is 0 Å². The predicted molar refractivity (Wildman–Crippen MR) is 111 cm³/mol. The minimum atomic E-state index is -1.43. The van der Waals surface area contributed by atoms with Crippen LogP contribution in [0.2, 0.25) is 0 Å². The van der Waals surface area contributed by atoms with Gasteiger partial charge in [0.1, 0.15) is 21.9 Å². The van der Waals surface area contributed by atoms with Crippen LogP contribution in [0.15, 0.2) is 40.8 Å². The van der Waals surface area contributed by atoms with Crippen LogP contribution in [-0.4, -0.2) is 27.7 Å². The first-order valence-electron chi connectivity index (χ1n) is 8.09. The molecule has 0 saturated carbocycles. The molecule has 0 heterocycles. The normalized spacial score (nSPS) is 13.0. The monoisotopic (exact) mass is 391 g/mol. The molecule has 2 aromatic carbocycles. The van der Waals surface area contributed by atoms with Crippen LogP contribution in [0.4, 0.5) is 4.39 Å². The molecule has 0 aliphatic heterocycles. The van der Waals surface area contributed by atoms with E-state index in [1.807, 2.05) is 39.8 Å². The second kappa shape index (κ2) is 8.29. The van der Waals surface area contributed by atoms with E-state index in [-0.39, 0.29) is 5.05 Å². The van der Waals surface area contributed by atoms with Crippen LogP contribution in [-0.2, 0) is 16.1 Å². The van der Waals surface area contributed by atoms with Crippen LogP contribution in [0.3, 0.4) is 0 Å². The van der Waals surface area contributed by atoms with Gasteiger partial charge in [-0.25, -0.2) is 4.39 Å². The van der Waals surface area contributed by atoms with Gasteiger partial charge in [0.25, 0.3) is 0 Å². The van der Waals surface area contributed by atoms with Gasteiger partial charge in [0.05, 0.1) is 13.3 Å². The lowest BCUT2D eigenvalue weighted by Gasteiger charge is -2.18. The summed E-state index contributed by atoms with van der Waals surface area (Å²) in [6.07, 6.45) is 1.46. The number of methoxy groups -OCH3 is 1. The van der Waals surface area contributed by atoms with E-state index in [1.165, 1.54) is 19.4 Å². The molecule has 0 spiro atoms. The van der Waals surface area contributed by atoms with E-state index in [2.05, 4.69) is 4.40 Å². The van der Waals surface area contributed by atoms with Crippen molar-refractivity contribution in [3.63, 3.8) is 0 Å². The maximum atomic E-state index is 14.8. The molecular weight excluding hydrogens is 369 g/mol. The Balaban J connectivity index is 2.66. The van der Waals surface area contributed by atoms with Gasteiger partial charge in [-0.05, 0) is 57.6 Å². The molecule has 0 amide bonds. The van der Waals surface area contributed by atoms with Crippen molar-refractivity contribution in [2.45, 2.75) is 32.4 Å². The first kappa shape index (κ1) is 20.6. The number of hydrogen-bond donors (Lipinski definition) is 0. The molecule has 0 saturated heterocycles. The smallest absolute Gasteiger partial charge is 0.191 e. The van der Waals surface area contributed by atoms with Gasteiger partial charge in [-0.1, -0.05) is 28.7 Å². The number of hydrogen-bond acceptors (Lipinski definition) is 4. The molecule has 2 rings (SSSR count). The van der Waals surface area contributed by atoms with Crippen LogP contribution >= 0.6 is 12.2 Å². The maximum Gasteiger partial charge on any atom is 0.191 e. The Morgan fingerprint density at radius 2 is 1.85 bits per heavy atom. The lowest BCUT2D eigenvalue weighted by atomic mass is 9.91. The summed E-state index contributed by atoms with van der Waals surface area (Å²) in [6, 6.07) is 10.3. The van der Waals surface area contributed by atoms with Crippen LogP contribution in [0, 0.1) is 12.7 Å². The number of ether oxygens (including phenoxy) is 1. The molecule has 138 valence electrons. The van der Waals surface area contributed by atoms with Crippen molar-refractivity contribution in [2.24, 2.45) is 4.40 Å². The molecule has 6 heteroatoms. The highest BCUT2D eigenvalue weighted by atomic mass is 32.2. The fourth-order valence-electron chi connectivity index (χ4n) is 2.45. The molecule has 0 N–H and O–H groups in total. The van der Waals surface area contributed by atoms with Gasteiger partial charge >= 0.3 is 0 Å². The van der Waals surface area contributed by atoms with E-state index in [1.54, 1.807) is 18.2 Å². The third-order valence-electron chi connectivity index (χ3n) is 3.79. The Kier molecular flexibility index (Phi) is 6.55. The molecule has 0 bridgehead atoms. The lowest BCUT2D eigenvalue weighted by Crippen LogP contribution is -2.25. The largest absolute Gasteiger partial charge is 0.591 e. The quantitative estimate of drug-likeness (QED) is 0.418.